The van der Waals surface area contributed by atoms with Crippen LogP contribution < -0.4 is 5.32 Å². The molecule has 0 aromatic heterocycles. The van der Waals surface area contributed by atoms with Gasteiger partial charge in [0, 0.05) is 13.8 Å². The highest BCUT2D eigenvalue weighted by molar-refractivity contribution is 5.83. The number of fused-ring (bicyclic) bond motifs is 1. The van der Waals surface area contributed by atoms with Crippen molar-refractivity contribution in [1.82, 2.24) is 5.32 Å². The molecule has 0 aliphatic rings. The minimum atomic E-state index is -0.887. The van der Waals surface area contributed by atoms with Crippen LogP contribution >= 0.6 is 0 Å². The van der Waals surface area contributed by atoms with Crippen molar-refractivity contribution in [2.75, 3.05) is 6.54 Å². The van der Waals surface area contributed by atoms with Crippen LogP contribution in [0.1, 0.15) is 26.3 Å². The molecule has 2 rings (SSSR count). The molecule has 0 saturated carbocycles. The monoisotopic (exact) mass is 285 g/mol. The molecular weight excluding hydrogens is 266 g/mol. The number of rotatable bonds is 4. The van der Waals surface area contributed by atoms with Gasteiger partial charge in [-0.2, -0.15) is 0 Å². The van der Waals surface area contributed by atoms with Crippen LogP contribution in [0.15, 0.2) is 42.5 Å². The predicted molar refractivity (Wildman–Crippen MR) is 81.7 cm³/mol. The maximum Gasteiger partial charge on any atom is 0.303 e. The smallest absolute Gasteiger partial charge is 0.303 e. The van der Waals surface area contributed by atoms with Gasteiger partial charge in [-0.1, -0.05) is 36.4 Å². The summed E-state index contributed by atoms with van der Waals surface area (Å²) in [5.74, 6) is -0.537. The van der Waals surface area contributed by atoms with E-state index >= 15 is 0 Å². The summed E-state index contributed by atoms with van der Waals surface area (Å²) in [6.45, 7) is 4.84. The van der Waals surface area contributed by atoms with E-state index in [0.29, 0.717) is 0 Å². The Hall–Kier alpha value is -2.36. The van der Waals surface area contributed by atoms with E-state index in [1.807, 2.05) is 42.5 Å². The van der Waals surface area contributed by atoms with Gasteiger partial charge in [-0.25, -0.2) is 0 Å². The van der Waals surface area contributed by atoms with Crippen molar-refractivity contribution < 1.29 is 14.3 Å². The summed E-state index contributed by atoms with van der Waals surface area (Å²) in [6, 6.07) is 13.9. The van der Waals surface area contributed by atoms with Crippen LogP contribution in [0.25, 0.3) is 10.8 Å². The first kappa shape index (κ1) is 15.0. The zero-order valence-electron chi connectivity index (χ0n) is 12.5. The predicted octanol–water partition coefficient (Wildman–Crippen LogP) is 2.75. The van der Waals surface area contributed by atoms with Gasteiger partial charge in [0.05, 0.1) is 6.54 Å². The van der Waals surface area contributed by atoms with E-state index in [-0.39, 0.29) is 18.4 Å². The number of esters is 1. The van der Waals surface area contributed by atoms with E-state index in [1.54, 1.807) is 6.92 Å². The minimum absolute atomic E-state index is 0.158. The van der Waals surface area contributed by atoms with Gasteiger partial charge in [0.2, 0.25) is 5.91 Å². The number of nitrogens with one attached hydrogen (secondary N) is 1. The first-order valence-corrected chi connectivity index (χ1v) is 6.84. The maximum atomic E-state index is 11.4. The average molecular weight is 285 g/mol. The Morgan fingerprint density at radius 1 is 1.10 bits per heavy atom. The second kappa shape index (κ2) is 5.95. The van der Waals surface area contributed by atoms with Crippen molar-refractivity contribution in [3.63, 3.8) is 0 Å². The number of benzene rings is 2. The van der Waals surface area contributed by atoms with E-state index in [0.717, 1.165) is 16.3 Å². The Morgan fingerprint density at radius 2 is 1.76 bits per heavy atom. The fraction of sp³-hybridized carbons (Fsp3) is 0.294. The molecule has 0 bridgehead atoms. The summed E-state index contributed by atoms with van der Waals surface area (Å²) in [6.07, 6.45) is 0. The largest absolute Gasteiger partial charge is 0.453 e. The Balaban J connectivity index is 2.41. The standard InChI is InChI=1S/C17H19NO3/c1-12(19)18-11-17(3,21-13(2)20)16-9-8-14-6-4-5-7-15(14)10-16/h4-10H,11H2,1-3H3,(H,18,19)/t17-/m1/s1. The second-order valence-corrected chi connectivity index (χ2v) is 5.30. The van der Waals surface area contributed by atoms with E-state index in [1.165, 1.54) is 13.8 Å². The molecule has 0 fully saturated rings. The number of ether oxygens (including phenoxy) is 1. The van der Waals surface area contributed by atoms with Gasteiger partial charge in [-0.15, -0.1) is 0 Å². The molecule has 0 aliphatic carbocycles. The van der Waals surface area contributed by atoms with Crippen LogP contribution in [0, 0.1) is 0 Å². The molecule has 2 aromatic carbocycles. The molecule has 0 unspecified atom stereocenters. The highest BCUT2D eigenvalue weighted by Crippen LogP contribution is 2.28. The van der Waals surface area contributed by atoms with Gasteiger partial charge >= 0.3 is 5.97 Å². The number of carbonyl (C=O) groups is 2. The van der Waals surface area contributed by atoms with Crippen LogP contribution in [-0.2, 0) is 19.9 Å². The highest BCUT2D eigenvalue weighted by atomic mass is 16.6. The SMILES string of the molecule is CC(=O)NC[C@@](C)(OC(C)=O)c1ccc2ccccc2c1. The number of amides is 1. The Kier molecular flexibility index (Phi) is 4.26. The molecule has 0 aliphatic heterocycles. The summed E-state index contributed by atoms with van der Waals surface area (Å²) in [4.78, 5) is 22.6. The van der Waals surface area contributed by atoms with E-state index < -0.39 is 5.60 Å². The summed E-state index contributed by atoms with van der Waals surface area (Å²) < 4.78 is 5.47. The Morgan fingerprint density at radius 3 is 2.38 bits per heavy atom. The van der Waals surface area contributed by atoms with Crippen molar-refractivity contribution in [1.29, 1.82) is 0 Å². The van der Waals surface area contributed by atoms with Gasteiger partial charge < -0.3 is 10.1 Å². The van der Waals surface area contributed by atoms with Gasteiger partial charge in [-0.05, 0) is 29.3 Å². The number of carbonyl (C=O) groups excluding carboxylic acids is 2. The molecule has 110 valence electrons. The van der Waals surface area contributed by atoms with E-state index in [2.05, 4.69) is 5.32 Å². The third-order valence-electron chi connectivity index (χ3n) is 3.40. The van der Waals surface area contributed by atoms with E-state index in [4.69, 9.17) is 4.74 Å². The normalized spacial score (nSPS) is 13.5. The number of hydrogen-bond acceptors (Lipinski definition) is 3. The third kappa shape index (κ3) is 3.60. The molecule has 1 atom stereocenters. The summed E-state index contributed by atoms with van der Waals surface area (Å²) in [7, 11) is 0. The minimum Gasteiger partial charge on any atom is -0.453 e. The fourth-order valence-corrected chi connectivity index (χ4v) is 2.33. The fourth-order valence-electron chi connectivity index (χ4n) is 2.33. The van der Waals surface area contributed by atoms with Crippen molar-refractivity contribution in [2.24, 2.45) is 0 Å². The van der Waals surface area contributed by atoms with Crippen LogP contribution in [0.5, 0.6) is 0 Å². The number of hydrogen-bond donors (Lipinski definition) is 1. The molecule has 0 heterocycles. The molecule has 0 radical (unpaired) electrons. The highest BCUT2D eigenvalue weighted by Gasteiger charge is 2.30. The molecule has 2 aromatic rings. The van der Waals surface area contributed by atoms with Crippen LogP contribution in [0.4, 0.5) is 0 Å². The van der Waals surface area contributed by atoms with Crippen LogP contribution in [-0.4, -0.2) is 18.4 Å². The molecule has 0 spiro atoms. The molecular formula is C17H19NO3. The van der Waals surface area contributed by atoms with Crippen molar-refractivity contribution in [3.8, 4) is 0 Å². The van der Waals surface area contributed by atoms with Gasteiger partial charge in [0.25, 0.3) is 0 Å². The van der Waals surface area contributed by atoms with E-state index in [9.17, 15) is 9.59 Å². The molecule has 21 heavy (non-hydrogen) atoms. The lowest BCUT2D eigenvalue weighted by molar-refractivity contribution is -0.156. The maximum absolute atomic E-state index is 11.4. The second-order valence-electron chi connectivity index (χ2n) is 5.30. The van der Waals surface area contributed by atoms with Gasteiger partial charge in [-0.3, -0.25) is 9.59 Å². The summed E-state index contributed by atoms with van der Waals surface area (Å²) in [5, 5.41) is 4.90. The quantitative estimate of drug-likeness (QED) is 0.879. The van der Waals surface area contributed by atoms with Crippen molar-refractivity contribution >= 4 is 22.6 Å². The lowest BCUT2D eigenvalue weighted by Gasteiger charge is -2.30. The Bertz CT molecular complexity index is 681. The topological polar surface area (TPSA) is 55.4 Å². The lowest BCUT2D eigenvalue weighted by atomic mass is 9.93. The average Bonchev–Trinajstić information content (AvgIpc) is 2.44. The van der Waals surface area contributed by atoms with Crippen molar-refractivity contribution in [2.45, 2.75) is 26.4 Å². The zero-order chi connectivity index (χ0) is 15.5. The molecule has 4 nitrogen and oxygen atoms in total. The lowest BCUT2D eigenvalue weighted by Crippen LogP contribution is -2.41. The van der Waals surface area contributed by atoms with Crippen LogP contribution in [0.3, 0.4) is 0 Å². The molecule has 4 heteroatoms. The molecule has 1 amide bonds. The van der Waals surface area contributed by atoms with Crippen molar-refractivity contribution in [3.05, 3.63) is 48.0 Å². The van der Waals surface area contributed by atoms with Gasteiger partial charge in [0.15, 0.2) is 5.60 Å². The summed E-state index contributed by atoms with van der Waals surface area (Å²) in [5.41, 5.74) is -0.0354. The first-order chi connectivity index (χ1) is 9.90. The first-order valence-electron chi connectivity index (χ1n) is 6.84. The van der Waals surface area contributed by atoms with Crippen LogP contribution in [0.2, 0.25) is 0 Å². The third-order valence-corrected chi connectivity index (χ3v) is 3.40. The zero-order valence-corrected chi connectivity index (χ0v) is 12.5. The van der Waals surface area contributed by atoms with Gasteiger partial charge in [0.1, 0.15) is 0 Å². The summed E-state index contributed by atoms with van der Waals surface area (Å²) >= 11 is 0. The molecule has 0 saturated heterocycles. The molecule has 1 N–H and O–H groups in total. The Labute approximate surface area is 124 Å².